The standard InChI is InChI=1S/C20H18N4/c1-13-11-14(21)7-9-17(13)20-23-18-12-15(22)8-10-19(18)24(20)16-5-3-2-4-6-16/h2-12H,21-22H2,1H3. The molecule has 0 saturated carbocycles. The lowest BCUT2D eigenvalue weighted by Gasteiger charge is -2.11. The number of benzene rings is 3. The fourth-order valence-corrected chi connectivity index (χ4v) is 3.05. The molecule has 0 unspecified atom stereocenters. The minimum Gasteiger partial charge on any atom is -0.399 e. The number of nitrogen functional groups attached to an aromatic ring is 2. The molecule has 24 heavy (non-hydrogen) atoms. The van der Waals surface area contributed by atoms with Crippen molar-refractivity contribution in [3.05, 3.63) is 72.3 Å². The molecule has 0 aliphatic heterocycles. The van der Waals surface area contributed by atoms with Gasteiger partial charge in [0.05, 0.1) is 11.0 Å². The zero-order valence-corrected chi connectivity index (χ0v) is 13.4. The molecule has 0 fully saturated rings. The molecule has 0 bridgehead atoms. The van der Waals surface area contributed by atoms with Gasteiger partial charge in [-0.2, -0.15) is 0 Å². The molecule has 0 spiro atoms. The van der Waals surface area contributed by atoms with Gasteiger partial charge in [-0.3, -0.25) is 4.57 Å². The summed E-state index contributed by atoms with van der Waals surface area (Å²) >= 11 is 0. The molecule has 3 aromatic carbocycles. The van der Waals surface area contributed by atoms with Crippen LogP contribution in [0.3, 0.4) is 0 Å². The number of anilines is 2. The fourth-order valence-electron chi connectivity index (χ4n) is 3.05. The van der Waals surface area contributed by atoms with Gasteiger partial charge in [-0.15, -0.1) is 0 Å². The lowest BCUT2D eigenvalue weighted by atomic mass is 10.1. The number of nitrogens with zero attached hydrogens (tertiary/aromatic N) is 2. The van der Waals surface area contributed by atoms with E-state index >= 15 is 0 Å². The lowest BCUT2D eigenvalue weighted by Crippen LogP contribution is -1.99. The minimum absolute atomic E-state index is 0.709. The van der Waals surface area contributed by atoms with Gasteiger partial charge in [-0.1, -0.05) is 18.2 Å². The maximum Gasteiger partial charge on any atom is 0.145 e. The highest BCUT2D eigenvalue weighted by Gasteiger charge is 2.16. The van der Waals surface area contributed by atoms with Crippen LogP contribution in [0.2, 0.25) is 0 Å². The third-order valence-corrected chi connectivity index (χ3v) is 4.18. The number of para-hydroxylation sites is 1. The van der Waals surface area contributed by atoms with Gasteiger partial charge < -0.3 is 11.5 Å². The summed E-state index contributed by atoms with van der Waals surface area (Å²) in [6.45, 7) is 2.05. The topological polar surface area (TPSA) is 69.9 Å². The van der Waals surface area contributed by atoms with Crippen molar-refractivity contribution in [1.29, 1.82) is 0 Å². The van der Waals surface area contributed by atoms with Crippen molar-refractivity contribution in [1.82, 2.24) is 9.55 Å². The summed E-state index contributed by atoms with van der Waals surface area (Å²) in [5, 5.41) is 0. The minimum atomic E-state index is 0.709. The highest BCUT2D eigenvalue weighted by molar-refractivity contribution is 5.86. The maximum atomic E-state index is 5.94. The Morgan fingerprint density at radius 3 is 2.29 bits per heavy atom. The second kappa shape index (κ2) is 5.42. The number of rotatable bonds is 2. The predicted molar refractivity (Wildman–Crippen MR) is 100 cm³/mol. The molecule has 4 N–H and O–H groups in total. The van der Waals surface area contributed by atoms with E-state index in [1.807, 2.05) is 54.6 Å². The molecular formula is C20H18N4. The van der Waals surface area contributed by atoms with Crippen LogP contribution in [-0.2, 0) is 0 Å². The van der Waals surface area contributed by atoms with Gasteiger partial charge in [0.2, 0.25) is 0 Å². The van der Waals surface area contributed by atoms with Gasteiger partial charge in [0.1, 0.15) is 5.82 Å². The van der Waals surface area contributed by atoms with E-state index in [-0.39, 0.29) is 0 Å². The third-order valence-electron chi connectivity index (χ3n) is 4.18. The Morgan fingerprint density at radius 2 is 1.54 bits per heavy atom. The first-order valence-electron chi connectivity index (χ1n) is 7.83. The summed E-state index contributed by atoms with van der Waals surface area (Å²) in [6.07, 6.45) is 0. The van der Waals surface area contributed by atoms with Gasteiger partial charge >= 0.3 is 0 Å². The van der Waals surface area contributed by atoms with E-state index < -0.39 is 0 Å². The summed E-state index contributed by atoms with van der Waals surface area (Å²) in [6, 6.07) is 21.9. The number of aryl methyl sites for hydroxylation is 1. The predicted octanol–water partition coefficient (Wildman–Crippen LogP) is 4.17. The van der Waals surface area contributed by atoms with E-state index in [0.29, 0.717) is 5.69 Å². The average Bonchev–Trinajstić information content (AvgIpc) is 2.93. The first-order valence-corrected chi connectivity index (χ1v) is 7.83. The van der Waals surface area contributed by atoms with Crippen LogP contribution < -0.4 is 11.5 Å². The van der Waals surface area contributed by atoms with Crippen molar-refractivity contribution in [3.8, 4) is 17.1 Å². The summed E-state index contributed by atoms with van der Waals surface area (Å²) in [7, 11) is 0. The van der Waals surface area contributed by atoms with Crippen molar-refractivity contribution in [2.45, 2.75) is 6.92 Å². The monoisotopic (exact) mass is 314 g/mol. The van der Waals surface area contributed by atoms with Crippen molar-refractivity contribution in [3.63, 3.8) is 0 Å². The van der Waals surface area contributed by atoms with Crippen LogP contribution in [0.15, 0.2) is 66.7 Å². The molecule has 4 aromatic rings. The molecule has 0 saturated heterocycles. The lowest BCUT2D eigenvalue weighted by molar-refractivity contribution is 1.10. The van der Waals surface area contributed by atoms with Crippen molar-refractivity contribution < 1.29 is 0 Å². The number of aromatic nitrogens is 2. The second-order valence-electron chi connectivity index (χ2n) is 5.93. The van der Waals surface area contributed by atoms with Crippen molar-refractivity contribution in [2.24, 2.45) is 0 Å². The number of imidazole rings is 1. The van der Waals surface area contributed by atoms with Crippen molar-refractivity contribution in [2.75, 3.05) is 11.5 Å². The Morgan fingerprint density at radius 1 is 0.833 bits per heavy atom. The van der Waals surface area contributed by atoms with Crippen LogP contribution in [0.25, 0.3) is 28.1 Å². The Labute approximate surface area is 140 Å². The first kappa shape index (κ1) is 14.3. The zero-order valence-electron chi connectivity index (χ0n) is 13.4. The highest BCUT2D eigenvalue weighted by atomic mass is 15.1. The number of hydrogen-bond donors (Lipinski definition) is 2. The average molecular weight is 314 g/mol. The molecule has 0 aliphatic rings. The van der Waals surface area contributed by atoms with Crippen LogP contribution in [0.5, 0.6) is 0 Å². The van der Waals surface area contributed by atoms with Gasteiger partial charge in [0, 0.05) is 22.6 Å². The quantitative estimate of drug-likeness (QED) is 0.546. The Kier molecular flexibility index (Phi) is 3.24. The molecular weight excluding hydrogens is 296 g/mol. The van der Waals surface area contributed by atoms with Gasteiger partial charge in [0.15, 0.2) is 0 Å². The molecule has 4 heteroatoms. The molecule has 0 aliphatic carbocycles. The first-order chi connectivity index (χ1) is 11.6. The van der Waals surface area contributed by atoms with Crippen LogP contribution in [0, 0.1) is 6.92 Å². The second-order valence-corrected chi connectivity index (χ2v) is 5.93. The normalized spacial score (nSPS) is 11.0. The summed E-state index contributed by atoms with van der Waals surface area (Å²) in [4.78, 5) is 4.85. The largest absolute Gasteiger partial charge is 0.399 e. The molecule has 0 radical (unpaired) electrons. The van der Waals surface area contributed by atoms with Gasteiger partial charge in [-0.25, -0.2) is 4.98 Å². The molecule has 1 heterocycles. The number of fused-ring (bicyclic) bond motifs is 1. The number of nitrogens with two attached hydrogens (primary N) is 2. The molecule has 0 amide bonds. The van der Waals surface area contributed by atoms with Crippen LogP contribution >= 0.6 is 0 Å². The van der Waals surface area contributed by atoms with Crippen molar-refractivity contribution >= 4 is 22.4 Å². The molecule has 1 aromatic heterocycles. The molecule has 4 nitrogen and oxygen atoms in total. The van der Waals surface area contributed by atoms with Crippen LogP contribution in [0.4, 0.5) is 11.4 Å². The molecule has 0 atom stereocenters. The van der Waals surface area contributed by atoms with Gasteiger partial charge in [-0.05, 0) is 61.0 Å². The van der Waals surface area contributed by atoms with E-state index in [0.717, 1.165) is 39.4 Å². The Balaban J connectivity index is 2.07. The zero-order chi connectivity index (χ0) is 16.7. The Hall–Kier alpha value is -3.27. The van der Waals surface area contributed by atoms with Gasteiger partial charge in [0.25, 0.3) is 0 Å². The molecule has 118 valence electrons. The Bertz CT molecular complexity index is 1030. The smallest absolute Gasteiger partial charge is 0.145 e. The number of hydrogen-bond acceptors (Lipinski definition) is 3. The summed E-state index contributed by atoms with van der Waals surface area (Å²) < 4.78 is 2.16. The fraction of sp³-hybridized carbons (Fsp3) is 0.0500. The SMILES string of the molecule is Cc1cc(N)ccc1-c1nc2cc(N)ccc2n1-c1ccccc1. The summed E-state index contributed by atoms with van der Waals surface area (Å²) in [5.74, 6) is 0.888. The van der Waals surface area contributed by atoms with E-state index in [2.05, 4.69) is 23.6 Å². The van der Waals surface area contributed by atoms with E-state index in [9.17, 15) is 0 Å². The van der Waals surface area contributed by atoms with E-state index in [1.165, 1.54) is 0 Å². The van der Waals surface area contributed by atoms with Crippen LogP contribution in [-0.4, -0.2) is 9.55 Å². The maximum absolute atomic E-state index is 5.94. The van der Waals surface area contributed by atoms with E-state index in [1.54, 1.807) is 0 Å². The molecule has 4 rings (SSSR count). The van der Waals surface area contributed by atoms with E-state index in [4.69, 9.17) is 16.5 Å². The third kappa shape index (κ3) is 2.29. The highest BCUT2D eigenvalue weighted by Crippen LogP contribution is 2.31. The summed E-state index contributed by atoms with van der Waals surface area (Å²) in [5.41, 5.74) is 18.4. The van der Waals surface area contributed by atoms with Crippen LogP contribution in [0.1, 0.15) is 5.56 Å².